The fraction of sp³-hybridized carbons (Fsp3) is 0.588. The molecule has 1 aliphatic rings. The molecule has 1 unspecified atom stereocenters. The van der Waals surface area contributed by atoms with Crippen molar-refractivity contribution in [2.24, 2.45) is 21.1 Å². The lowest BCUT2D eigenvalue weighted by atomic mass is 9.96. The first kappa shape index (κ1) is 22.2. The van der Waals surface area contributed by atoms with Gasteiger partial charge in [0.25, 0.3) is 18.3 Å². The third-order valence-corrected chi connectivity index (χ3v) is 5.43. The average molecular weight is 417 g/mol. The first-order valence-corrected chi connectivity index (χ1v) is 9.62. The molecule has 1 aromatic rings. The van der Waals surface area contributed by atoms with Crippen molar-refractivity contribution in [3.05, 3.63) is 32.8 Å². The van der Waals surface area contributed by atoms with E-state index in [1.807, 2.05) is 4.90 Å². The van der Waals surface area contributed by atoms with Crippen LogP contribution in [0.1, 0.15) is 42.8 Å². The summed E-state index contributed by atoms with van der Waals surface area (Å²) >= 11 is 1.11. The summed E-state index contributed by atoms with van der Waals surface area (Å²) in [5.74, 6) is -0.955. The minimum Gasteiger partial charge on any atom is -0.474 e. The van der Waals surface area contributed by atoms with Crippen LogP contribution in [-0.4, -0.2) is 49.1 Å². The van der Waals surface area contributed by atoms with E-state index >= 15 is 0 Å². The Bertz CT molecular complexity index is 717. The fourth-order valence-electron chi connectivity index (χ4n) is 3.07. The maximum absolute atomic E-state index is 13.5. The molecule has 2 rings (SSSR count). The molecule has 0 N–H and O–H groups in total. The molecule has 0 spiro atoms. The fourth-order valence-corrected chi connectivity index (χ4v) is 4.00. The number of likely N-dealkylation sites (tertiary alicyclic amines) is 1. The van der Waals surface area contributed by atoms with Gasteiger partial charge in [0, 0.05) is 6.21 Å². The predicted octanol–water partition coefficient (Wildman–Crippen LogP) is 4.50. The van der Waals surface area contributed by atoms with E-state index in [-0.39, 0.29) is 30.6 Å². The molecule has 0 amide bonds. The molecule has 1 saturated heterocycles. The van der Waals surface area contributed by atoms with Crippen LogP contribution in [0.3, 0.4) is 0 Å². The van der Waals surface area contributed by atoms with Crippen LogP contribution in [0.4, 0.5) is 13.2 Å². The molecule has 1 fully saturated rings. The number of ether oxygens (including phenoxy) is 1. The van der Waals surface area contributed by atoms with Crippen LogP contribution in [0.2, 0.25) is 0 Å². The molecule has 0 saturated carbocycles. The first-order valence-electron chi connectivity index (χ1n) is 8.74. The summed E-state index contributed by atoms with van der Waals surface area (Å²) in [6.07, 6.45) is 0.101. The van der Waals surface area contributed by atoms with E-state index in [9.17, 15) is 18.1 Å². The SMILES string of the molecule is C=N/C(F)=C(\N=CC)OCC1CCN(C(CN=O)c2scnc2C(F)F)CC1. The maximum atomic E-state index is 13.5. The van der Waals surface area contributed by atoms with E-state index < -0.39 is 18.4 Å². The van der Waals surface area contributed by atoms with Gasteiger partial charge >= 0.3 is 0 Å². The highest BCUT2D eigenvalue weighted by molar-refractivity contribution is 7.09. The second-order valence-electron chi connectivity index (χ2n) is 6.16. The van der Waals surface area contributed by atoms with Crippen LogP contribution in [0.25, 0.3) is 0 Å². The highest BCUT2D eigenvalue weighted by atomic mass is 32.1. The van der Waals surface area contributed by atoms with Crippen LogP contribution in [0.5, 0.6) is 0 Å². The van der Waals surface area contributed by atoms with Gasteiger partial charge < -0.3 is 4.74 Å². The maximum Gasteiger partial charge on any atom is 0.281 e. The van der Waals surface area contributed by atoms with Crippen molar-refractivity contribution in [1.29, 1.82) is 0 Å². The molecule has 0 aromatic carbocycles. The summed E-state index contributed by atoms with van der Waals surface area (Å²) in [5.41, 5.74) is 1.07. The summed E-state index contributed by atoms with van der Waals surface area (Å²) < 4.78 is 45.3. The zero-order valence-electron chi connectivity index (χ0n) is 15.4. The van der Waals surface area contributed by atoms with E-state index in [1.165, 1.54) is 11.7 Å². The molecule has 28 heavy (non-hydrogen) atoms. The van der Waals surface area contributed by atoms with Gasteiger partial charge in [-0.05, 0) is 45.5 Å². The van der Waals surface area contributed by atoms with Gasteiger partial charge in [0.15, 0.2) is 0 Å². The van der Waals surface area contributed by atoms with Gasteiger partial charge in [0.1, 0.15) is 12.2 Å². The molecule has 2 heterocycles. The van der Waals surface area contributed by atoms with Crippen molar-refractivity contribution in [2.75, 3.05) is 26.2 Å². The van der Waals surface area contributed by atoms with Crippen LogP contribution in [-0.2, 0) is 4.74 Å². The summed E-state index contributed by atoms with van der Waals surface area (Å²) in [6, 6.07) is -0.515. The van der Waals surface area contributed by atoms with Gasteiger partial charge in [0.05, 0.1) is 23.0 Å². The Hall–Kier alpha value is -2.14. The minimum atomic E-state index is -2.70. The van der Waals surface area contributed by atoms with Crippen LogP contribution in [0, 0.1) is 10.8 Å². The number of piperidine rings is 1. The first-order chi connectivity index (χ1) is 13.5. The van der Waals surface area contributed by atoms with Gasteiger partial charge in [0.2, 0.25) is 0 Å². The number of aromatic nitrogens is 1. The highest BCUT2D eigenvalue weighted by Crippen LogP contribution is 2.35. The van der Waals surface area contributed by atoms with Crippen LogP contribution in [0.15, 0.2) is 32.5 Å². The topological polar surface area (TPSA) is 79.5 Å². The van der Waals surface area contributed by atoms with Gasteiger partial charge in [-0.15, -0.1) is 11.3 Å². The number of aliphatic imine (C=N–C) groups is 2. The predicted molar refractivity (Wildman–Crippen MR) is 103 cm³/mol. The molecular weight excluding hydrogens is 395 g/mol. The lowest BCUT2D eigenvalue weighted by Gasteiger charge is -2.36. The monoisotopic (exact) mass is 417 g/mol. The summed E-state index contributed by atoms with van der Waals surface area (Å²) in [5, 5.41) is 2.93. The number of halogens is 3. The van der Waals surface area contributed by atoms with Gasteiger partial charge in [-0.25, -0.2) is 23.7 Å². The van der Waals surface area contributed by atoms with Gasteiger partial charge in [-0.3, -0.25) is 4.90 Å². The lowest BCUT2D eigenvalue weighted by Crippen LogP contribution is -2.39. The van der Waals surface area contributed by atoms with E-state index in [0.29, 0.717) is 30.8 Å². The number of rotatable bonds is 10. The number of hydrogen-bond acceptors (Lipinski definition) is 8. The Morgan fingerprint density at radius 1 is 1.50 bits per heavy atom. The molecule has 1 atom stereocenters. The third kappa shape index (κ3) is 5.68. The molecule has 1 aliphatic heterocycles. The van der Waals surface area contributed by atoms with Crippen molar-refractivity contribution >= 4 is 24.3 Å². The molecule has 11 heteroatoms. The molecule has 0 radical (unpaired) electrons. The number of hydrogen-bond donors (Lipinski definition) is 0. The molecular formula is C17H22F3N5O2S. The van der Waals surface area contributed by atoms with E-state index in [1.54, 1.807) is 6.92 Å². The molecule has 0 aliphatic carbocycles. The summed E-state index contributed by atoms with van der Waals surface area (Å²) in [4.78, 5) is 23.9. The standard InChI is InChI=1S/C17H22F3N5O2S/c1-3-22-17(16(20)21-2)27-9-11-4-6-25(7-5-11)12(8-24-26)14-13(15(18)19)23-10-28-14/h3,10-12,15H,2,4-9H2,1H3/b17-16+,22-3?. The normalized spacial score (nSPS) is 18.3. The molecule has 0 bridgehead atoms. The quantitative estimate of drug-likeness (QED) is 0.243. The van der Waals surface area contributed by atoms with Crippen LogP contribution >= 0.6 is 11.3 Å². The zero-order chi connectivity index (χ0) is 20.5. The number of thiazole rings is 1. The second kappa shape index (κ2) is 11.0. The number of nitrogens with zero attached hydrogens (tertiary/aromatic N) is 5. The van der Waals surface area contributed by atoms with Crippen molar-refractivity contribution in [2.45, 2.75) is 32.2 Å². The van der Waals surface area contributed by atoms with Gasteiger partial charge in [-0.2, -0.15) is 9.30 Å². The van der Waals surface area contributed by atoms with E-state index in [0.717, 1.165) is 11.3 Å². The lowest BCUT2D eigenvalue weighted by molar-refractivity contribution is 0.0819. The molecule has 7 nitrogen and oxygen atoms in total. The minimum absolute atomic E-state index is 0.114. The summed E-state index contributed by atoms with van der Waals surface area (Å²) in [7, 11) is 0. The van der Waals surface area contributed by atoms with Crippen molar-refractivity contribution in [3.8, 4) is 0 Å². The van der Waals surface area contributed by atoms with Crippen molar-refractivity contribution < 1.29 is 17.9 Å². The summed E-state index contributed by atoms with van der Waals surface area (Å²) in [6.45, 7) is 6.04. The third-order valence-electron chi connectivity index (χ3n) is 4.49. The highest BCUT2D eigenvalue weighted by Gasteiger charge is 2.31. The van der Waals surface area contributed by atoms with E-state index in [4.69, 9.17) is 4.74 Å². The Kier molecular flexibility index (Phi) is 8.71. The number of alkyl halides is 2. The van der Waals surface area contributed by atoms with E-state index in [2.05, 4.69) is 26.9 Å². The van der Waals surface area contributed by atoms with Crippen molar-refractivity contribution in [1.82, 2.24) is 9.88 Å². The Morgan fingerprint density at radius 3 is 2.79 bits per heavy atom. The van der Waals surface area contributed by atoms with Crippen LogP contribution < -0.4 is 0 Å². The molecule has 1 aromatic heterocycles. The Morgan fingerprint density at radius 2 is 2.21 bits per heavy atom. The Balaban J connectivity index is 1.98. The smallest absolute Gasteiger partial charge is 0.281 e. The van der Waals surface area contributed by atoms with Gasteiger partial charge in [-0.1, -0.05) is 5.18 Å². The average Bonchev–Trinajstić information content (AvgIpc) is 3.19. The van der Waals surface area contributed by atoms with Crippen molar-refractivity contribution in [3.63, 3.8) is 0 Å². The Labute approximate surface area is 165 Å². The number of nitroso groups, excluding NO2 is 1. The second-order valence-corrected chi connectivity index (χ2v) is 7.05. The largest absolute Gasteiger partial charge is 0.474 e. The molecule has 154 valence electrons. The zero-order valence-corrected chi connectivity index (χ0v) is 16.2.